The van der Waals surface area contributed by atoms with Gasteiger partial charge in [-0.3, -0.25) is 4.79 Å². The first-order valence-corrected chi connectivity index (χ1v) is 7.06. The average Bonchev–Trinajstić information content (AvgIpc) is 2.53. The van der Waals surface area contributed by atoms with Gasteiger partial charge in [0.05, 0.1) is 13.1 Å². The number of hydrogen-bond acceptors (Lipinski definition) is 3. The largest absolute Gasteiger partial charge is 0.492 e. The number of nitrogens with one attached hydrogen (secondary N) is 1. The van der Waals surface area contributed by atoms with Crippen LogP contribution in [0.3, 0.4) is 0 Å². The summed E-state index contributed by atoms with van der Waals surface area (Å²) in [5.74, 6) is 0.378. The fourth-order valence-electron chi connectivity index (χ4n) is 1.93. The Morgan fingerprint density at radius 3 is 2.50 bits per heavy atom. The number of carbonyl (C=O) groups excluding carboxylic acids is 1. The Kier molecular flexibility index (Phi) is 5.77. The number of likely N-dealkylation sites (N-methyl/N-ethyl adjacent to an activating group) is 1. The lowest BCUT2D eigenvalue weighted by atomic mass is 10.3. The topological polar surface area (TPSA) is 41.6 Å². The van der Waals surface area contributed by atoms with Gasteiger partial charge >= 0.3 is 0 Å². The summed E-state index contributed by atoms with van der Waals surface area (Å²) >= 11 is 0. The van der Waals surface area contributed by atoms with Crippen LogP contribution in [0.4, 0.5) is 10.1 Å². The Morgan fingerprint density at radius 2 is 1.82 bits per heavy atom. The number of anilines is 1. The van der Waals surface area contributed by atoms with Crippen LogP contribution < -0.4 is 15.0 Å². The molecule has 0 aliphatic rings. The smallest absolute Gasteiger partial charge is 0.239 e. The molecule has 0 aromatic heterocycles. The normalized spacial score (nSPS) is 10.1. The van der Waals surface area contributed by atoms with Crippen LogP contribution in [0.5, 0.6) is 5.75 Å². The van der Waals surface area contributed by atoms with E-state index in [0.29, 0.717) is 13.2 Å². The Balaban J connectivity index is 1.68. The molecule has 0 saturated carbocycles. The standard InChI is InChI=1S/C17H19FN2O2/c1-20(15-9-7-14(18)8-10-15)13-17(21)19-11-12-22-16-5-3-2-4-6-16/h2-10H,11-13H2,1H3,(H,19,21). The molecule has 0 aliphatic carbocycles. The van der Waals surface area contributed by atoms with Crippen molar-refractivity contribution in [1.29, 1.82) is 0 Å². The van der Waals surface area contributed by atoms with Gasteiger partial charge in [0.1, 0.15) is 18.2 Å². The molecule has 1 amide bonds. The minimum absolute atomic E-state index is 0.108. The van der Waals surface area contributed by atoms with E-state index in [1.54, 1.807) is 24.1 Å². The Labute approximate surface area is 129 Å². The van der Waals surface area contributed by atoms with Crippen molar-refractivity contribution in [3.05, 3.63) is 60.4 Å². The molecule has 0 bridgehead atoms. The number of nitrogens with zero attached hydrogens (tertiary/aromatic N) is 1. The molecule has 116 valence electrons. The highest BCUT2D eigenvalue weighted by Crippen LogP contribution is 2.12. The maximum Gasteiger partial charge on any atom is 0.239 e. The third kappa shape index (κ3) is 5.09. The van der Waals surface area contributed by atoms with Crippen molar-refractivity contribution in [3.63, 3.8) is 0 Å². The van der Waals surface area contributed by atoms with Crippen molar-refractivity contribution in [2.45, 2.75) is 0 Å². The molecule has 0 aliphatic heterocycles. The fraction of sp³-hybridized carbons (Fsp3) is 0.235. The van der Waals surface area contributed by atoms with Gasteiger partial charge in [0.25, 0.3) is 0 Å². The molecule has 2 aromatic carbocycles. The van der Waals surface area contributed by atoms with Crippen LogP contribution in [0.2, 0.25) is 0 Å². The second kappa shape index (κ2) is 8.02. The monoisotopic (exact) mass is 302 g/mol. The van der Waals surface area contributed by atoms with Crippen molar-refractivity contribution in [2.24, 2.45) is 0 Å². The lowest BCUT2D eigenvalue weighted by molar-refractivity contribution is -0.119. The predicted octanol–water partition coefficient (Wildman–Crippen LogP) is 2.46. The summed E-state index contributed by atoms with van der Waals surface area (Å²) in [6.45, 7) is 1.05. The molecule has 5 heteroatoms. The lowest BCUT2D eigenvalue weighted by Gasteiger charge is -2.18. The van der Waals surface area contributed by atoms with Gasteiger partial charge in [0.15, 0.2) is 0 Å². The van der Waals surface area contributed by atoms with E-state index in [9.17, 15) is 9.18 Å². The number of ether oxygens (including phenoxy) is 1. The highest BCUT2D eigenvalue weighted by molar-refractivity contribution is 5.81. The summed E-state index contributed by atoms with van der Waals surface area (Å²) in [5, 5.41) is 2.79. The molecular formula is C17H19FN2O2. The maximum absolute atomic E-state index is 12.8. The minimum Gasteiger partial charge on any atom is -0.492 e. The molecule has 4 nitrogen and oxygen atoms in total. The molecule has 0 spiro atoms. The second-order valence-electron chi connectivity index (χ2n) is 4.84. The molecule has 0 atom stereocenters. The number of para-hydroxylation sites is 1. The van der Waals surface area contributed by atoms with E-state index >= 15 is 0 Å². The van der Waals surface area contributed by atoms with Gasteiger partial charge in [-0.2, -0.15) is 0 Å². The molecule has 0 heterocycles. The number of benzene rings is 2. The summed E-state index contributed by atoms with van der Waals surface area (Å²) in [6, 6.07) is 15.5. The Morgan fingerprint density at radius 1 is 1.14 bits per heavy atom. The number of halogens is 1. The van der Waals surface area contributed by atoms with E-state index < -0.39 is 0 Å². The molecule has 2 rings (SSSR count). The molecule has 2 aromatic rings. The zero-order chi connectivity index (χ0) is 15.8. The van der Waals surface area contributed by atoms with Gasteiger partial charge in [-0.25, -0.2) is 4.39 Å². The number of amides is 1. The van der Waals surface area contributed by atoms with Crippen molar-refractivity contribution in [3.8, 4) is 5.75 Å². The first-order valence-electron chi connectivity index (χ1n) is 7.06. The van der Waals surface area contributed by atoms with Crippen LogP contribution in [0.1, 0.15) is 0 Å². The molecule has 22 heavy (non-hydrogen) atoms. The van der Waals surface area contributed by atoms with Crippen LogP contribution in [0.25, 0.3) is 0 Å². The van der Waals surface area contributed by atoms with Crippen molar-refractivity contribution >= 4 is 11.6 Å². The van der Waals surface area contributed by atoms with Gasteiger partial charge in [-0.05, 0) is 36.4 Å². The van der Waals surface area contributed by atoms with Gasteiger partial charge in [0.2, 0.25) is 5.91 Å². The third-order valence-corrected chi connectivity index (χ3v) is 3.08. The summed E-state index contributed by atoms with van der Waals surface area (Å²) in [5.41, 5.74) is 0.789. The first-order chi connectivity index (χ1) is 10.6. The highest BCUT2D eigenvalue weighted by Gasteiger charge is 2.07. The lowest BCUT2D eigenvalue weighted by Crippen LogP contribution is -2.37. The number of hydrogen-bond donors (Lipinski definition) is 1. The van der Waals surface area contributed by atoms with Crippen molar-refractivity contribution < 1.29 is 13.9 Å². The fourth-order valence-corrected chi connectivity index (χ4v) is 1.93. The van der Waals surface area contributed by atoms with Crippen molar-refractivity contribution in [2.75, 3.05) is 31.6 Å². The molecule has 0 fully saturated rings. The van der Waals surface area contributed by atoms with E-state index in [2.05, 4.69) is 5.32 Å². The quantitative estimate of drug-likeness (QED) is 0.799. The Hall–Kier alpha value is -2.56. The average molecular weight is 302 g/mol. The van der Waals surface area contributed by atoms with Crippen LogP contribution in [0.15, 0.2) is 54.6 Å². The Bertz CT molecular complexity index is 587. The molecule has 1 N–H and O–H groups in total. The van der Waals surface area contributed by atoms with Gasteiger partial charge in [-0.1, -0.05) is 18.2 Å². The highest BCUT2D eigenvalue weighted by atomic mass is 19.1. The summed E-state index contributed by atoms with van der Waals surface area (Å²) in [4.78, 5) is 13.6. The number of carbonyl (C=O) groups is 1. The maximum atomic E-state index is 12.8. The van der Waals surface area contributed by atoms with Gasteiger partial charge in [0, 0.05) is 12.7 Å². The number of rotatable bonds is 7. The summed E-state index contributed by atoms with van der Waals surface area (Å²) in [7, 11) is 1.79. The van der Waals surface area contributed by atoms with E-state index in [-0.39, 0.29) is 18.3 Å². The van der Waals surface area contributed by atoms with Crippen molar-refractivity contribution in [1.82, 2.24) is 5.32 Å². The minimum atomic E-state index is -0.292. The molecule has 0 radical (unpaired) electrons. The van der Waals surface area contributed by atoms with Crippen LogP contribution in [-0.4, -0.2) is 32.7 Å². The van der Waals surface area contributed by atoms with Gasteiger partial charge in [-0.15, -0.1) is 0 Å². The summed E-state index contributed by atoms with van der Waals surface area (Å²) in [6.07, 6.45) is 0. The van der Waals surface area contributed by atoms with Gasteiger partial charge < -0.3 is 15.0 Å². The third-order valence-electron chi connectivity index (χ3n) is 3.08. The van der Waals surface area contributed by atoms with Crippen LogP contribution in [0, 0.1) is 5.82 Å². The van der Waals surface area contributed by atoms with E-state index in [4.69, 9.17) is 4.74 Å². The van der Waals surface area contributed by atoms with Crippen LogP contribution in [-0.2, 0) is 4.79 Å². The predicted molar refractivity (Wildman–Crippen MR) is 84.6 cm³/mol. The molecular weight excluding hydrogens is 283 g/mol. The van der Waals surface area contributed by atoms with E-state index in [1.165, 1.54) is 12.1 Å². The van der Waals surface area contributed by atoms with E-state index in [0.717, 1.165) is 11.4 Å². The second-order valence-corrected chi connectivity index (χ2v) is 4.84. The van der Waals surface area contributed by atoms with Crippen LogP contribution >= 0.6 is 0 Å². The summed E-state index contributed by atoms with van der Waals surface area (Å²) < 4.78 is 18.3. The van der Waals surface area contributed by atoms with E-state index in [1.807, 2.05) is 30.3 Å². The zero-order valence-corrected chi connectivity index (χ0v) is 12.5. The molecule has 0 saturated heterocycles. The SMILES string of the molecule is CN(CC(=O)NCCOc1ccccc1)c1ccc(F)cc1. The zero-order valence-electron chi connectivity index (χ0n) is 12.5. The first kappa shape index (κ1) is 15.8. The molecule has 0 unspecified atom stereocenters.